The minimum atomic E-state index is -0.0742. The van der Waals surface area contributed by atoms with Crippen molar-refractivity contribution in [3.63, 3.8) is 0 Å². The van der Waals surface area contributed by atoms with Gasteiger partial charge in [-0.1, -0.05) is 40.2 Å². The highest BCUT2D eigenvalue weighted by Crippen LogP contribution is 2.46. The first-order valence-corrected chi connectivity index (χ1v) is 5.93. The van der Waals surface area contributed by atoms with E-state index in [1.807, 2.05) is 18.2 Å². The van der Waals surface area contributed by atoms with Crippen molar-refractivity contribution in [2.24, 2.45) is 0 Å². The van der Waals surface area contributed by atoms with E-state index in [0.29, 0.717) is 11.6 Å². The molecule has 1 heterocycles. The van der Waals surface area contributed by atoms with Gasteiger partial charge in [-0.2, -0.15) is 0 Å². The second kappa shape index (κ2) is 4.93. The second-order valence-electron chi connectivity index (χ2n) is 3.31. The van der Waals surface area contributed by atoms with Crippen molar-refractivity contribution >= 4 is 27.5 Å². The molecule has 1 aromatic rings. The molecule has 0 amide bonds. The van der Waals surface area contributed by atoms with Crippen LogP contribution in [0.1, 0.15) is 11.7 Å². The average molecular weight is 302 g/mol. The zero-order chi connectivity index (χ0) is 11.5. The molecule has 0 spiro atoms. The van der Waals surface area contributed by atoms with Gasteiger partial charge in [0.2, 0.25) is 0 Å². The fourth-order valence-corrected chi connectivity index (χ4v) is 1.92. The Morgan fingerprint density at radius 3 is 3.12 bits per heavy atom. The quantitative estimate of drug-likeness (QED) is 0.359. The molecule has 1 aromatic carbocycles. The number of ether oxygens (including phenoxy) is 2. The van der Waals surface area contributed by atoms with E-state index >= 15 is 0 Å². The van der Waals surface area contributed by atoms with E-state index in [2.05, 4.69) is 22.5 Å². The number of rotatable bonds is 4. The van der Waals surface area contributed by atoms with Crippen LogP contribution < -0.4 is 0 Å². The van der Waals surface area contributed by atoms with Gasteiger partial charge in [0, 0.05) is 15.1 Å². The lowest BCUT2D eigenvalue weighted by atomic mass is 10.1. The van der Waals surface area contributed by atoms with Gasteiger partial charge >= 0.3 is 0 Å². The summed E-state index contributed by atoms with van der Waals surface area (Å²) in [6, 6.07) is 5.68. The largest absolute Gasteiger partial charge is 0.493 e. The van der Waals surface area contributed by atoms with Crippen LogP contribution in [-0.2, 0) is 9.47 Å². The highest BCUT2D eigenvalue weighted by atomic mass is 79.9. The van der Waals surface area contributed by atoms with E-state index < -0.39 is 0 Å². The lowest BCUT2D eigenvalue weighted by molar-refractivity contribution is 0.282. The normalized spacial score (nSPS) is 20.4. The fraction of sp³-hybridized carbons (Fsp3) is 0.167. The molecule has 0 aliphatic carbocycles. The molecule has 0 aromatic heterocycles. The maximum absolute atomic E-state index is 6.07. The summed E-state index contributed by atoms with van der Waals surface area (Å²) in [4.78, 5) is 0. The lowest BCUT2D eigenvalue weighted by Crippen LogP contribution is -1.83. The Labute approximate surface area is 108 Å². The third-order valence-corrected chi connectivity index (χ3v) is 2.95. The summed E-state index contributed by atoms with van der Waals surface area (Å²) < 4.78 is 11.5. The molecule has 0 bridgehead atoms. The smallest absolute Gasteiger partial charge is 0.185 e. The number of hydrogen-bond acceptors (Lipinski definition) is 2. The van der Waals surface area contributed by atoms with Gasteiger partial charge in [-0.3, -0.25) is 0 Å². The molecule has 1 fully saturated rings. The second-order valence-corrected chi connectivity index (χ2v) is 4.63. The molecule has 2 rings (SSSR count). The van der Waals surface area contributed by atoms with E-state index in [1.54, 1.807) is 12.3 Å². The molecular weight excluding hydrogens is 291 g/mol. The fourth-order valence-electron chi connectivity index (χ4n) is 1.32. The van der Waals surface area contributed by atoms with Gasteiger partial charge in [0.15, 0.2) is 11.9 Å². The van der Waals surface area contributed by atoms with Gasteiger partial charge in [-0.05, 0) is 18.2 Å². The predicted octanol–water partition coefficient (Wildman–Crippen LogP) is 4.22. The minimum absolute atomic E-state index is 0.0742. The summed E-state index contributed by atoms with van der Waals surface area (Å²) in [5.74, 6) is 0.793. The first-order valence-electron chi connectivity index (χ1n) is 4.76. The standard InChI is InChI=1S/C12H10BrClO2/c1-2-5-15-7-11-12(16-11)9-6-8(13)3-4-10(9)14/h2-4,6-7,12H,1,5H2/b11-7-. The monoisotopic (exact) mass is 300 g/mol. The van der Waals surface area contributed by atoms with Crippen molar-refractivity contribution in [2.75, 3.05) is 6.61 Å². The van der Waals surface area contributed by atoms with E-state index in [1.165, 1.54) is 0 Å². The summed E-state index contributed by atoms with van der Waals surface area (Å²) in [6.07, 6.45) is 3.21. The summed E-state index contributed by atoms with van der Waals surface area (Å²) >= 11 is 9.47. The van der Waals surface area contributed by atoms with Crippen molar-refractivity contribution in [2.45, 2.75) is 6.10 Å². The van der Waals surface area contributed by atoms with Crippen LogP contribution in [0, 0.1) is 0 Å². The van der Waals surface area contributed by atoms with Crippen LogP contribution in [0.4, 0.5) is 0 Å². The Morgan fingerprint density at radius 1 is 1.56 bits per heavy atom. The number of benzene rings is 1. The number of halogens is 2. The molecule has 2 nitrogen and oxygen atoms in total. The Bertz CT molecular complexity index is 443. The van der Waals surface area contributed by atoms with Crippen LogP contribution in [0.25, 0.3) is 0 Å². The molecule has 0 saturated carbocycles. The predicted molar refractivity (Wildman–Crippen MR) is 67.2 cm³/mol. The van der Waals surface area contributed by atoms with Gasteiger partial charge in [0.1, 0.15) is 12.9 Å². The third kappa shape index (κ3) is 2.60. The molecule has 84 valence electrons. The summed E-state index contributed by atoms with van der Waals surface area (Å²) in [7, 11) is 0. The topological polar surface area (TPSA) is 21.8 Å². The van der Waals surface area contributed by atoms with E-state index in [0.717, 1.165) is 15.8 Å². The highest BCUT2D eigenvalue weighted by Gasteiger charge is 2.36. The van der Waals surface area contributed by atoms with E-state index in [-0.39, 0.29) is 6.10 Å². The van der Waals surface area contributed by atoms with Crippen molar-refractivity contribution < 1.29 is 9.47 Å². The van der Waals surface area contributed by atoms with Gasteiger partial charge in [0.05, 0.1) is 0 Å². The van der Waals surface area contributed by atoms with Gasteiger partial charge in [0.25, 0.3) is 0 Å². The number of hydrogen-bond donors (Lipinski definition) is 0. The molecule has 0 radical (unpaired) electrons. The lowest BCUT2D eigenvalue weighted by Gasteiger charge is -1.98. The highest BCUT2D eigenvalue weighted by molar-refractivity contribution is 9.10. The van der Waals surface area contributed by atoms with Crippen LogP contribution in [0.2, 0.25) is 5.02 Å². The molecule has 16 heavy (non-hydrogen) atoms. The molecule has 1 saturated heterocycles. The van der Waals surface area contributed by atoms with Crippen molar-refractivity contribution in [1.29, 1.82) is 0 Å². The van der Waals surface area contributed by atoms with Crippen LogP contribution in [-0.4, -0.2) is 6.61 Å². The molecular formula is C12H10BrClO2. The Kier molecular flexibility index (Phi) is 3.56. The Balaban J connectivity index is 2.08. The molecule has 1 unspecified atom stereocenters. The molecule has 4 heteroatoms. The molecule has 1 aliphatic rings. The van der Waals surface area contributed by atoms with E-state index in [4.69, 9.17) is 21.1 Å². The van der Waals surface area contributed by atoms with Crippen LogP contribution >= 0.6 is 27.5 Å². The summed E-state index contributed by atoms with van der Waals surface area (Å²) in [5, 5.41) is 0.695. The van der Waals surface area contributed by atoms with Crippen LogP contribution in [0.15, 0.2) is 47.3 Å². The molecule has 0 N–H and O–H groups in total. The third-order valence-electron chi connectivity index (χ3n) is 2.11. The van der Waals surface area contributed by atoms with Crippen LogP contribution in [0.3, 0.4) is 0 Å². The molecule has 1 atom stereocenters. The zero-order valence-corrected chi connectivity index (χ0v) is 10.8. The Morgan fingerprint density at radius 2 is 2.38 bits per heavy atom. The van der Waals surface area contributed by atoms with Crippen molar-refractivity contribution in [3.05, 3.63) is 57.9 Å². The van der Waals surface area contributed by atoms with Gasteiger partial charge < -0.3 is 9.47 Å². The minimum Gasteiger partial charge on any atom is -0.493 e. The zero-order valence-electron chi connectivity index (χ0n) is 8.45. The summed E-state index contributed by atoms with van der Waals surface area (Å²) in [6.45, 7) is 4.04. The SMILES string of the molecule is C=CCO/C=C1\OC1c1cc(Br)ccc1Cl. The first kappa shape index (κ1) is 11.6. The maximum Gasteiger partial charge on any atom is 0.185 e. The van der Waals surface area contributed by atoms with Crippen LogP contribution in [0.5, 0.6) is 0 Å². The Hall–Kier alpha value is -0.930. The van der Waals surface area contributed by atoms with Crippen molar-refractivity contribution in [1.82, 2.24) is 0 Å². The van der Waals surface area contributed by atoms with E-state index in [9.17, 15) is 0 Å². The van der Waals surface area contributed by atoms with Crippen molar-refractivity contribution in [3.8, 4) is 0 Å². The first-order chi connectivity index (χ1) is 7.72. The maximum atomic E-state index is 6.07. The molecule has 1 aliphatic heterocycles. The summed E-state index contributed by atoms with van der Waals surface area (Å²) in [5.41, 5.74) is 0.949. The number of epoxide rings is 1. The average Bonchev–Trinajstić information content (AvgIpc) is 3.02. The van der Waals surface area contributed by atoms with Gasteiger partial charge in [-0.25, -0.2) is 0 Å². The van der Waals surface area contributed by atoms with Gasteiger partial charge in [-0.15, -0.1) is 0 Å².